The Hall–Kier alpha value is -3.44. The van der Waals surface area contributed by atoms with E-state index in [1.165, 1.54) is 0 Å². The van der Waals surface area contributed by atoms with Gasteiger partial charge in [0.1, 0.15) is 17.4 Å². The van der Waals surface area contributed by atoms with Crippen LogP contribution in [-0.4, -0.2) is 52.4 Å². The number of hydrogen-bond donors (Lipinski definition) is 3. The molecule has 1 atom stereocenters. The van der Waals surface area contributed by atoms with Crippen LogP contribution < -0.4 is 20.9 Å². The first-order valence-corrected chi connectivity index (χ1v) is 11.5. The van der Waals surface area contributed by atoms with Crippen LogP contribution in [0.1, 0.15) is 54.4 Å². The highest BCUT2D eigenvalue weighted by molar-refractivity contribution is 6.03. The molecule has 2 amide bonds. The summed E-state index contributed by atoms with van der Waals surface area (Å²) in [4.78, 5) is 38.7. The van der Waals surface area contributed by atoms with Gasteiger partial charge >= 0.3 is 6.18 Å². The molecule has 3 heterocycles. The van der Waals surface area contributed by atoms with E-state index in [4.69, 9.17) is 0 Å². The summed E-state index contributed by atoms with van der Waals surface area (Å²) in [5, 5.41) is 9.06. The molecular formula is C23H28F3N7O2. The average Bonchev–Trinajstić information content (AvgIpc) is 2.82. The standard InChI is InChI=1S/C23H28F3N7O2/c1-12-18-19(33(3)13(2)20(34)31-18)32-22(29-12)28-10-14-4-7-16(8-5-14)30-21(35)15-6-9-17(27-11-15)23(24,25)26/h6,9,11,13-14,16H,4-5,7-8,10H2,1-3H3,(H,30,35)(H,31,34)(H,28,29,32)/t13-,14?,16?/m0/s1. The number of carbonyl (C=O) groups is 2. The Morgan fingerprint density at radius 3 is 2.54 bits per heavy atom. The number of alkyl halides is 3. The first kappa shape index (κ1) is 24.7. The zero-order valence-electron chi connectivity index (χ0n) is 19.7. The summed E-state index contributed by atoms with van der Waals surface area (Å²) in [5.74, 6) is 1.03. The molecule has 1 saturated carbocycles. The minimum atomic E-state index is -4.53. The number of anilines is 3. The Kier molecular flexibility index (Phi) is 6.82. The van der Waals surface area contributed by atoms with E-state index >= 15 is 0 Å². The Balaban J connectivity index is 1.27. The van der Waals surface area contributed by atoms with Crippen molar-refractivity contribution in [2.75, 3.05) is 29.1 Å². The number of carbonyl (C=O) groups excluding carboxylic acids is 2. The van der Waals surface area contributed by atoms with Crippen LogP contribution in [0.2, 0.25) is 0 Å². The molecule has 0 bridgehead atoms. The van der Waals surface area contributed by atoms with Gasteiger partial charge in [0.15, 0.2) is 5.82 Å². The van der Waals surface area contributed by atoms with E-state index < -0.39 is 17.8 Å². The number of nitrogens with one attached hydrogen (secondary N) is 3. The van der Waals surface area contributed by atoms with Crippen LogP contribution >= 0.6 is 0 Å². The largest absolute Gasteiger partial charge is 0.433 e. The fraction of sp³-hybridized carbons (Fsp3) is 0.522. The summed E-state index contributed by atoms with van der Waals surface area (Å²) in [7, 11) is 1.83. The number of likely N-dealkylation sites (N-methyl/N-ethyl adjacent to an activating group) is 1. The normalized spacial score (nSPS) is 22.3. The fourth-order valence-corrected chi connectivity index (χ4v) is 4.34. The molecule has 0 spiro atoms. The number of fused-ring (bicyclic) bond motifs is 1. The van der Waals surface area contributed by atoms with Gasteiger partial charge in [-0.1, -0.05) is 0 Å². The summed E-state index contributed by atoms with van der Waals surface area (Å²) < 4.78 is 37.9. The summed E-state index contributed by atoms with van der Waals surface area (Å²) in [6, 6.07) is 1.59. The Labute approximate surface area is 200 Å². The highest BCUT2D eigenvalue weighted by atomic mass is 19.4. The van der Waals surface area contributed by atoms with Crippen molar-refractivity contribution in [1.82, 2.24) is 20.3 Å². The molecule has 9 nitrogen and oxygen atoms in total. The number of amides is 2. The molecule has 2 aliphatic rings. The smallest absolute Gasteiger partial charge is 0.354 e. The minimum Gasteiger partial charge on any atom is -0.354 e. The Morgan fingerprint density at radius 2 is 1.91 bits per heavy atom. The van der Waals surface area contributed by atoms with Crippen LogP contribution in [-0.2, 0) is 11.0 Å². The first-order valence-electron chi connectivity index (χ1n) is 11.5. The molecule has 0 aromatic carbocycles. The van der Waals surface area contributed by atoms with Crippen LogP contribution in [0.5, 0.6) is 0 Å². The number of nitrogens with zero attached hydrogens (tertiary/aromatic N) is 4. The van der Waals surface area contributed by atoms with Gasteiger partial charge in [-0.15, -0.1) is 0 Å². The van der Waals surface area contributed by atoms with Crippen molar-refractivity contribution in [1.29, 1.82) is 0 Å². The second kappa shape index (κ2) is 9.67. The Morgan fingerprint density at radius 1 is 1.20 bits per heavy atom. The Bertz CT molecular complexity index is 1100. The van der Waals surface area contributed by atoms with Gasteiger partial charge in [-0.05, 0) is 57.6 Å². The second-order valence-electron chi connectivity index (χ2n) is 9.11. The average molecular weight is 492 g/mol. The first-order chi connectivity index (χ1) is 16.5. The maximum absolute atomic E-state index is 12.6. The quantitative estimate of drug-likeness (QED) is 0.588. The number of hydrogen-bond acceptors (Lipinski definition) is 7. The van der Waals surface area contributed by atoms with Crippen molar-refractivity contribution in [3.05, 3.63) is 35.3 Å². The highest BCUT2D eigenvalue weighted by Crippen LogP contribution is 2.32. The highest BCUT2D eigenvalue weighted by Gasteiger charge is 2.33. The van der Waals surface area contributed by atoms with Crippen LogP contribution in [0, 0.1) is 12.8 Å². The van der Waals surface area contributed by atoms with E-state index in [1.54, 1.807) is 0 Å². The van der Waals surface area contributed by atoms with Crippen LogP contribution in [0.15, 0.2) is 18.3 Å². The van der Waals surface area contributed by atoms with Crippen molar-refractivity contribution in [2.24, 2.45) is 5.92 Å². The molecule has 2 aromatic rings. The van der Waals surface area contributed by atoms with Gasteiger partial charge in [0.25, 0.3) is 5.91 Å². The lowest BCUT2D eigenvalue weighted by atomic mass is 9.86. The van der Waals surface area contributed by atoms with Crippen LogP contribution in [0.4, 0.5) is 30.6 Å². The zero-order valence-corrected chi connectivity index (χ0v) is 19.7. The van der Waals surface area contributed by atoms with E-state index in [-0.39, 0.29) is 23.6 Å². The van der Waals surface area contributed by atoms with Crippen molar-refractivity contribution in [3.63, 3.8) is 0 Å². The van der Waals surface area contributed by atoms with E-state index in [2.05, 4.69) is 30.9 Å². The maximum Gasteiger partial charge on any atom is 0.433 e. The molecule has 0 saturated heterocycles. The van der Waals surface area contributed by atoms with Crippen LogP contribution in [0.25, 0.3) is 0 Å². The molecular weight excluding hydrogens is 463 g/mol. The lowest BCUT2D eigenvalue weighted by Crippen LogP contribution is -2.44. The van der Waals surface area contributed by atoms with Gasteiger partial charge < -0.3 is 20.9 Å². The van der Waals surface area contributed by atoms with Crippen molar-refractivity contribution >= 4 is 29.3 Å². The number of aryl methyl sites for hydroxylation is 1. The van der Waals surface area contributed by atoms with Crippen LogP contribution in [0.3, 0.4) is 0 Å². The second-order valence-corrected chi connectivity index (χ2v) is 9.11. The maximum atomic E-state index is 12.6. The lowest BCUT2D eigenvalue weighted by Gasteiger charge is -2.33. The minimum absolute atomic E-state index is 0.0398. The number of pyridine rings is 1. The third-order valence-corrected chi connectivity index (χ3v) is 6.66. The predicted molar refractivity (Wildman–Crippen MR) is 124 cm³/mol. The molecule has 188 valence electrons. The van der Waals surface area contributed by atoms with E-state index in [1.807, 2.05) is 25.8 Å². The SMILES string of the molecule is Cc1nc(NCC2CCC(NC(=O)c3ccc(C(F)(F)F)nc3)CC2)nc2c1NC(=O)[C@H](C)N2C. The molecule has 2 aromatic heterocycles. The zero-order chi connectivity index (χ0) is 25.3. The topological polar surface area (TPSA) is 112 Å². The van der Waals surface area contributed by atoms with Gasteiger partial charge in [-0.25, -0.2) is 4.98 Å². The van der Waals surface area contributed by atoms with Gasteiger partial charge in [-0.3, -0.25) is 14.6 Å². The van der Waals surface area contributed by atoms with E-state index in [0.29, 0.717) is 35.6 Å². The van der Waals surface area contributed by atoms with Gasteiger partial charge in [0.2, 0.25) is 11.9 Å². The number of halogens is 3. The summed E-state index contributed by atoms with van der Waals surface area (Å²) in [6.45, 7) is 4.32. The number of aromatic nitrogens is 3. The molecule has 1 aliphatic carbocycles. The van der Waals surface area contributed by atoms with Crippen molar-refractivity contribution < 1.29 is 22.8 Å². The fourth-order valence-electron chi connectivity index (χ4n) is 4.34. The molecule has 0 radical (unpaired) electrons. The van der Waals surface area contributed by atoms with E-state index in [9.17, 15) is 22.8 Å². The molecule has 4 rings (SSSR count). The third kappa shape index (κ3) is 5.46. The molecule has 12 heteroatoms. The molecule has 35 heavy (non-hydrogen) atoms. The monoisotopic (exact) mass is 491 g/mol. The van der Waals surface area contributed by atoms with Crippen molar-refractivity contribution in [3.8, 4) is 0 Å². The lowest BCUT2D eigenvalue weighted by molar-refractivity contribution is -0.141. The van der Waals surface area contributed by atoms with Gasteiger partial charge in [-0.2, -0.15) is 18.2 Å². The molecule has 1 aliphatic heterocycles. The molecule has 0 unspecified atom stereocenters. The number of rotatable bonds is 5. The van der Waals surface area contributed by atoms with E-state index in [0.717, 1.165) is 44.0 Å². The van der Waals surface area contributed by atoms with Gasteiger partial charge in [0, 0.05) is 25.8 Å². The summed E-state index contributed by atoms with van der Waals surface area (Å²) in [5.41, 5.74) is 0.401. The van der Waals surface area contributed by atoms with Gasteiger partial charge in [0.05, 0.1) is 11.3 Å². The summed E-state index contributed by atoms with van der Waals surface area (Å²) in [6.07, 6.45) is -0.294. The van der Waals surface area contributed by atoms with Crippen molar-refractivity contribution in [2.45, 2.75) is 57.8 Å². The molecule has 1 fully saturated rings. The molecule has 3 N–H and O–H groups in total. The predicted octanol–water partition coefficient (Wildman–Crippen LogP) is 3.38. The third-order valence-electron chi connectivity index (χ3n) is 6.66. The summed E-state index contributed by atoms with van der Waals surface area (Å²) >= 11 is 0.